The van der Waals surface area contributed by atoms with Gasteiger partial charge in [0.05, 0.1) is 23.9 Å². The lowest BCUT2D eigenvalue weighted by Gasteiger charge is -2.32. The van der Waals surface area contributed by atoms with Gasteiger partial charge in [-0.3, -0.25) is 9.05 Å². The average Bonchev–Trinajstić information content (AvgIpc) is 3.41. The van der Waals surface area contributed by atoms with Gasteiger partial charge in [0.2, 0.25) is 0 Å². The van der Waals surface area contributed by atoms with E-state index < -0.39 is 49.3 Å². The zero-order valence-corrected chi connectivity index (χ0v) is 33.6. The normalized spacial score (nSPS) is 24.5. The predicted octanol–water partition coefficient (Wildman–Crippen LogP) is 7.27. The van der Waals surface area contributed by atoms with E-state index in [0.717, 1.165) is 37.8 Å². The molecule has 2 aliphatic rings. The van der Waals surface area contributed by atoms with Crippen LogP contribution in [0.1, 0.15) is 128 Å². The number of nitrogens with two attached hydrogens (primary N) is 1. The number of phosphoric ester groups is 1. The van der Waals surface area contributed by atoms with Gasteiger partial charge in [-0.15, -0.1) is 0 Å². The Hall–Kier alpha value is -3.19. The number of aliphatic hydroxyl groups excluding tert-OH is 1. The zero-order valence-electron chi connectivity index (χ0n) is 32.7. The van der Waals surface area contributed by atoms with Crippen LogP contribution in [0.5, 0.6) is 5.75 Å². The molecule has 5 N–H and O–H groups in total. The van der Waals surface area contributed by atoms with Crippen LogP contribution in [0.15, 0.2) is 36.7 Å². The Morgan fingerprint density at radius 1 is 1.00 bits per heavy atom. The van der Waals surface area contributed by atoms with E-state index in [1.807, 2.05) is 6.07 Å². The van der Waals surface area contributed by atoms with Gasteiger partial charge in [-0.25, -0.2) is 18.5 Å². The van der Waals surface area contributed by atoms with E-state index in [-0.39, 0.29) is 30.3 Å². The fraction of sp³-hybridized carbons (Fsp3) is 0.675. The first-order valence-electron chi connectivity index (χ1n) is 20.2. The van der Waals surface area contributed by atoms with Crippen molar-refractivity contribution in [3.8, 4) is 11.8 Å². The molecule has 1 aliphatic carbocycles. The van der Waals surface area contributed by atoms with Crippen LogP contribution in [0.3, 0.4) is 0 Å². The monoisotopic (exact) mass is 803 g/mol. The van der Waals surface area contributed by atoms with Gasteiger partial charge in [0, 0.05) is 12.7 Å². The van der Waals surface area contributed by atoms with E-state index in [0.29, 0.717) is 17.8 Å². The molecule has 1 aromatic carbocycles. The highest BCUT2D eigenvalue weighted by Gasteiger charge is 2.82. The maximum absolute atomic E-state index is 14.1. The molecule has 7 atom stereocenters. The van der Waals surface area contributed by atoms with Gasteiger partial charge >= 0.3 is 7.82 Å². The Bertz CT molecular complexity index is 1790. The molecule has 3 heterocycles. The topological polar surface area (TPSA) is 204 Å². The average molecular weight is 804 g/mol. The number of hydrogen-bond donors (Lipinski definition) is 4. The van der Waals surface area contributed by atoms with E-state index >= 15 is 0 Å². The molecule has 14 nitrogen and oxygen atoms in total. The molecule has 310 valence electrons. The van der Waals surface area contributed by atoms with Crippen LogP contribution < -0.4 is 10.5 Å². The molecule has 0 spiro atoms. The molecule has 2 fully saturated rings. The minimum Gasteiger partial charge on any atom is -0.491 e. The fourth-order valence-corrected chi connectivity index (χ4v) is 8.68. The number of aromatic nitrogens is 3. The van der Waals surface area contributed by atoms with Crippen LogP contribution in [0.2, 0.25) is 0 Å². The van der Waals surface area contributed by atoms with Crippen LogP contribution in [0, 0.1) is 17.1 Å². The molecule has 1 saturated heterocycles. The van der Waals surface area contributed by atoms with Gasteiger partial charge in [-0.1, -0.05) is 103 Å². The maximum Gasteiger partial charge on any atom is 0.473 e. The second-order valence-electron chi connectivity index (χ2n) is 15.3. The van der Waals surface area contributed by atoms with Crippen molar-refractivity contribution in [1.29, 1.82) is 5.26 Å². The van der Waals surface area contributed by atoms with Crippen LogP contribution in [0.4, 0.5) is 10.2 Å². The number of nitrogen functional groups attached to an aromatic ring is 1. The maximum atomic E-state index is 14.1. The van der Waals surface area contributed by atoms with Gasteiger partial charge in [-0.2, -0.15) is 10.4 Å². The summed E-state index contributed by atoms with van der Waals surface area (Å²) < 4.78 is 57.2. The highest BCUT2D eigenvalue weighted by atomic mass is 31.2. The zero-order chi connectivity index (χ0) is 40.2. The molecule has 1 saturated carbocycles. The third-order valence-electron chi connectivity index (χ3n) is 10.8. The Balaban J connectivity index is 1.05. The minimum absolute atomic E-state index is 0.0217. The molecule has 0 radical (unpaired) electrons. The van der Waals surface area contributed by atoms with Crippen LogP contribution in [-0.2, 0) is 28.7 Å². The summed E-state index contributed by atoms with van der Waals surface area (Å²) in [6.45, 7) is 3.68. The summed E-state index contributed by atoms with van der Waals surface area (Å²) in [5.74, 6) is -0.454. The summed E-state index contributed by atoms with van der Waals surface area (Å²) in [5.41, 5.74) is 3.33. The van der Waals surface area contributed by atoms with E-state index in [9.17, 15) is 29.3 Å². The highest BCUT2D eigenvalue weighted by molar-refractivity contribution is 7.47. The fourth-order valence-electron chi connectivity index (χ4n) is 7.57. The van der Waals surface area contributed by atoms with Crippen LogP contribution >= 0.6 is 7.82 Å². The number of aliphatic hydroxyl groups is 2. The molecule has 0 amide bonds. The summed E-state index contributed by atoms with van der Waals surface area (Å²) >= 11 is 0. The first-order chi connectivity index (χ1) is 26.9. The number of anilines is 1. The van der Waals surface area contributed by atoms with Gasteiger partial charge < -0.3 is 35.1 Å². The molecule has 3 aromatic rings. The first kappa shape index (κ1) is 43.9. The Morgan fingerprint density at radius 2 is 1.62 bits per heavy atom. The number of hydrogen-bond acceptors (Lipinski definition) is 12. The molecule has 2 aromatic heterocycles. The van der Waals surface area contributed by atoms with Gasteiger partial charge in [0.15, 0.2) is 11.4 Å². The summed E-state index contributed by atoms with van der Waals surface area (Å²) in [6.07, 6.45) is 15.8. The van der Waals surface area contributed by atoms with E-state index in [1.54, 1.807) is 19.1 Å². The SMILES string of the molecule is CCCCCCCCCCCCCCCCCCOC[C@H](COc1cc(F)cc(C#N)c1)OP(=O)(O)OC1[C@H]2O[C@@](C)(c3ccc4c(N)ncnn34)[C@H](O)[C@@]12O. The Kier molecular flexibility index (Phi) is 16.1. The van der Waals surface area contributed by atoms with Gasteiger partial charge in [-0.05, 0) is 37.6 Å². The quantitative estimate of drug-likeness (QED) is 0.0443. The highest BCUT2D eigenvalue weighted by Crippen LogP contribution is 2.63. The largest absolute Gasteiger partial charge is 0.491 e. The number of halogens is 1. The molecule has 56 heavy (non-hydrogen) atoms. The number of fused-ring (bicyclic) bond motifs is 2. The first-order valence-corrected chi connectivity index (χ1v) is 21.7. The van der Waals surface area contributed by atoms with Crippen molar-refractivity contribution in [2.75, 3.05) is 25.6 Å². The molecular weight excluding hydrogens is 744 g/mol. The van der Waals surface area contributed by atoms with Gasteiger partial charge in [0.1, 0.15) is 60.0 Å². The van der Waals surface area contributed by atoms with Gasteiger partial charge in [0.25, 0.3) is 0 Å². The van der Waals surface area contributed by atoms with E-state index in [2.05, 4.69) is 17.0 Å². The number of nitrogens with zero attached hydrogens (tertiary/aromatic N) is 4. The Labute approximate surface area is 329 Å². The number of phosphoric acid groups is 1. The molecule has 2 unspecified atom stereocenters. The number of unbranched alkanes of at least 4 members (excludes halogenated alkanes) is 15. The van der Waals surface area contributed by atoms with Crippen LogP contribution in [-0.4, -0.2) is 79.5 Å². The second kappa shape index (κ2) is 20.5. The second-order valence-corrected chi connectivity index (χ2v) is 16.7. The van der Waals surface area contributed by atoms with Crippen molar-refractivity contribution in [1.82, 2.24) is 14.6 Å². The summed E-state index contributed by atoms with van der Waals surface area (Å²) in [7, 11) is -4.93. The molecule has 1 aliphatic heterocycles. The van der Waals surface area contributed by atoms with Crippen molar-refractivity contribution in [3.63, 3.8) is 0 Å². The third kappa shape index (κ3) is 11.3. The lowest BCUT2D eigenvalue weighted by molar-refractivity contribution is -0.127. The molecule has 16 heteroatoms. The number of benzene rings is 1. The summed E-state index contributed by atoms with van der Waals surface area (Å²) in [6, 6.07) is 8.61. The van der Waals surface area contributed by atoms with Crippen molar-refractivity contribution in [3.05, 3.63) is 53.7 Å². The third-order valence-corrected chi connectivity index (χ3v) is 11.9. The Morgan fingerprint density at radius 3 is 2.21 bits per heavy atom. The van der Waals surface area contributed by atoms with E-state index in [1.165, 1.54) is 94.0 Å². The summed E-state index contributed by atoms with van der Waals surface area (Å²) in [5, 5.41) is 36.1. The van der Waals surface area contributed by atoms with E-state index in [4.69, 9.17) is 29.0 Å². The lowest BCUT2D eigenvalue weighted by atomic mass is 9.91. The number of nitriles is 1. The van der Waals surface area contributed by atoms with Crippen molar-refractivity contribution in [2.45, 2.75) is 152 Å². The number of ether oxygens (including phenoxy) is 3. The number of rotatable bonds is 27. The molecular formula is C40H59FN5O9P. The lowest BCUT2D eigenvalue weighted by Crippen LogP contribution is -2.46. The standard InChI is InChI=1S/C40H59FN5O9P/c1-3-4-5-6-7-8-9-10-11-12-13-14-15-16-17-18-21-51-26-32(27-52-31-23-29(25-42)22-30(41)24-31)54-56(49,50)55-36-35-40(36,48)38(47)39(2,53-35)34-20-19-33-37(43)44-28-45-46(33)34/h19-20,22-24,28,32,35-36,38,47-48H,3-18,21,26-27H2,1-2H3,(H,49,50)(H2,43,44,45)/t32-,35-,36?,38+,39+,40+/m1/s1. The molecule has 5 rings (SSSR count). The van der Waals surface area contributed by atoms with Crippen molar-refractivity contribution >= 4 is 19.2 Å². The smallest absolute Gasteiger partial charge is 0.473 e. The molecule has 0 bridgehead atoms. The van der Waals surface area contributed by atoms with Crippen molar-refractivity contribution < 1.29 is 47.3 Å². The van der Waals surface area contributed by atoms with Crippen LogP contribution in [0.25, 0.3) is 5.52 Å². The summed E-state index contributed by atoms with van der Waals surface area (Å²) in [4.78, 5) is 14.8. The van der Waals surface area contributed by atoms with Crippen molar-refractivity contribution in [2.24, 2.45) is 0 Å². The predicted molar refractivity (Wildman–Crippen MR) is 207 cm³/mol. The minimum atomic E-state index is -4.93.